The molecule has 96 valence electrons. The fourth-order valence-corrected chi connectivity index (χ4v) is 3.06. The Morgan fingerprint density at radius 2 is 2.24 bits per heavy atom. The molecule has 5 nitrogen and oxygen atoms in total. The van der Waals surface area contributed by atoms with Gasteiger partial charge in [0, 0.05) is 13.0 Å². The molecule has 0 aliphatic heterocycles. The SMILES string of the molecule is O=C(O)CCCS(=O)(=O)NCCc1ccsc1. The van der Waals surface area contributed by atoms with Crippen LogP contribution in [0.1, 0.15) is 18.4 Å². The number of hydrogen-bond acceptors (Lipinski definition) is 4. The fraction of sp³-hybridized carbons (Fsp3) is 0.500. The average molecular weight is 277 g/mol. The molecule has 0 saturated heterocycles. The number of thiophene rings is 1. The summed E-state index contributed by atoms with van der Waals surface area (Å²) in [4.78, 5) is 10.2. The van der Waals surface area contributed by atoms with E-state index in [2.05, 4.69) is 4.72 Å². The number of sulfonamides is 1. The molecule has 2 N–H and O–H groups in total. The molecular weight excluding hydrogens is 262 g/mol. The molecule has 0 aromatic carbocycles. The minimum absolute atomic E-state index is 0.120. The molecule has 0 saturated carbocycles. The second-order valence-electron chi connectivity index (χ2n) is 3.59. The van der Waals surface area contributed by atoms with Crippen LogP contribution in [-0.2, 0) is 21.2 Å². The van der Waals surface area contributed by atoms with Crippen LogP contribution in [0.3, 0.4) is 0 Å². The molecular formula is C10H15NO4S2. The molecule has 1 aromatic heterocycles. The molecule has 1 rings (SSSR count). The third-order valence-electron chi connectivity index (χ3n) is 2.12. The molecule has 7 heteroatoms. The van der Waals surface area contributed by atoms with Crippen molar-refractivity contribution in [3.63, 3.8) is 0 Å². The van der Waals surface area contributed by atoms with E-state index in [4.69, 9.17) is 5.11 Å². The normalized spacial score (nSPS) is 11.5. The van der Waals surface area contributed by atoms with Crippen LogP contribution in [0.2, 0.25) is 0 Å². The van der Waals surface area contributed by atoms with Crippen molar-refractivity contribution < 1.29 is 18.3 Å². The van der Waals surface area contributed by atoms with Gasteiger partial charge in [0.15, 0.2) is 0 Å². The van der Waals surface area contributed by atoms with E-state index in [1.165, 1.54) is 0 Å². The van der Waals surface area contributed by atoms with Crippen LogP contribution in [0.5, 0.6) is 0 Å². The minimum atomic E-state index is -3.34. The minimum Gasteiger partial charge on any atom is -0.481 e. The van der Waals surface area contributed by atoms with Crippen molar-refractivity contribution in [3.05, 3.63) is 22.4 Å². The van der Waals surface area contributed by atoms with Crippen LogP contribution in [0, 0.1) is 0 Å². The Kier molecular flexibility index (Phi) is 5.60. The van der Waals surface area contributed by atoms with E-state index in [9.17, 15) is 13.2 Å². The molecule has 0 amide bonds. The summed E-state index contributed by atoms with van der Waals surface area (Å²) in [6.45, 7) is 0.353. The number of nitrogens with one attached hydrogen (secondary N) is 1. The topological polar surface area (TPSA) is 83.5 Å². The molecule has 0 aliphatic rings. The Labute approximate surface area is 105 Å². The lowest BCUT2D eigenvalue weighted by Crippen LogP contribution is -2.28. The van der Waals surface area contributed by atoms with Gasteiger partial charge in [-0.2, -0.15) is 11.3 Å². The second kappa shape index (κ2) is 6.73. The van der Waals surface area contributed by atoms with Gasteiger partial charge in [0.1, 0.15) is 0 Å². The summed E-state index contributed by atoms with van der Waals surface area (Å²) in [5.74, 6) is -1.11. The van der Waals surface area contributed by atoms with Gasteiger partial charge in [-0.1, -0.05) is 0 Å². The standard InChI is InChI=1S/C10H15NO4S2/c12-10(13)2-1-7-17(14,15)11-5-3-9-4-6-16-8-9/h4,6,8,11H,1-3,5,7H2,(H,12,13). The maximum absolute atomic E-state index is 11.4. The van der Waals surface area contributed by atoms with E-state index < -0.39 is 16.0 Å². The van der Waals surface area contributed by atoms with Gasteiger partial charge in [-0.25, -0.2) is 13.1 Å². The van der Waals surface area contributed by atoms with Gasteiger partial charge in [0.05, 0.1) is 5.75 Å². The first-order valence-electron chi connectivity index (χ1n) is 5.20. The highest BCUT2D eigenvalue weighted by Crippen LogP contribution is 2.06. The van der Waals surface area contributed by atoms with Gasteiger partial charge >= 0.3 is 5.97 Å². The number of rotatable bonds is 8. The van der Waals surface area contributed by atoms with Crippen LogP contribution in [0.25, 0.3) is 0 Å². The van der Waals surface area contributed by atoms with E-state index in [-0.39, 0.29) is 18.6 Å². The molecule has 0 atom stereocenters. The van der Waals surface area contributed by atoms with E-state index >= 15 is 0 Å². The molecule has 0 aliphatic carbocycles. The Morgan fingerprint density at radius 3 is 2.82 bits per heavy atom. The molecule has 0 radical (unpaired) electrons. The first-order valence-corrected chi connectivity index (χ1v) is 7.79. The Bertz CT molecular complexity index is 439. The van der Waals surface area contributed by atoms with Gasteiger partial charge in [-0.15, -0.1) is 0 Å². The maximum Gasteiger partial charge on any atom is 0.303 e. The van der Waals surface area contributed by atoms with Gasteiger partial charge in [0.2, 0.25) is 10.0 Å². The average Bonchev–Trinajstić information content (AvgIpc) is 2.69. The molecule has 1 aromatic rings. The van der Waals surface area contributed by atoms with E-state index in [1.807, 2.05) is 16.8 Å². The number of hydrogen-bond donors (Lipinski definition) is 2. The zero-order valence-electron chi connectivity index (χ0n) is 9.26. The van der Waals surface area contributed by atoms with Gasteiger partial charge in [0.25, 0.3) is 0 Å². The van der Waals surface area contributed by atoms with Crippen molar-refractivity contribution in [2.45, 2.75) is 19.3 Å². The molecule has 0 bridgehead atoms. The highest BCUT2D eigenvalue weighted by atomic mass is 32.2. The second-order valence-corrected chi connectivity index (χ2v) is 6.30. The number of carbonyl (C=O) groups is 1. The lowest BCUT2D eigenvalue weighted by atomic mass is 10.2. The van der Waals surface area contributed by atoms with E-state index in [0.29, 0.717) is 13.0 Å². The smallest absolute Gasteiger partial charge is 0.303 e. The summed E-state index contributed by atoms with van der Waals surface area (Å²) < 4.78 is 25.3. The summed E-state index contributed by atoms with van der Waals surface area (Å²) in [6.07, 6.45) is 0.677. The largest absolute Gasteiger partial charge is 0.481 e. The Hall–Kier alpha value is -0.920. The van der Waals surface area contributed by atoms with Gasteiger partial charge in [-0.3, -0.25) is 4.79 Å². The van der Waals surface area contributed by atoms with Gasteiger partial charge in [-0.05, 0) is 35.2 Å². The van der Waals surface area contributed by atoms with Crippen molar-refractivity contribution in [2.75, 3.05) is 12.3 Å². The summed E-state index contributed by atoms with van der Waals surface area (Å²) in [6, 6.07) is 1.95. The van der Waals surface area contributed by atoms with Crippen molar-refractivity contribution in [3.8, 4) is 0 Å². The molecule has 17 heavy (non-hydrogen) atoms. The number of carboxylic acids is 1. The Morgan fingerprint density at radius 1 is 1.47 bits per heavy atom. The number of aliphatic carboxylic acids is 1. The highest BCUT2D eigenvalue weighted by molar-refractivity contribution is 7.89. The summed E-state index contributed by atoms with van der Waals surface area (Å²) >= 11 is 1.57. The van der Waals surface area contributed by atoms with Crippen LogP contribution in [0.4, 0.5) is 0 Å². The molecule has 1 heterocycles. The Balaban J connectivity index is 2.22. The summed E-state index contributed by atoms with van der Waals surface area (Å²) in [5.41, 5.74) is 1.10. The van der Waals surface area contributed by atoms with Crippen molar-refractivity contribution in [1.82, 2.24) is 4.72 Å². The van der Waals surface area contributed by atoms with Crippen molar-refractivity contribution in [1.29, 1.82) is 0 Å². The van der Waals surface area contributed by atoms with Crippen LogP contribution >= 0.6 is 11.3 Å². The van der Waals surface area contributed by atoms with Crippen molar-refractivity contribution >= 4 is 27.3 Å². The molecule has 0 fully saturated rings. The monoisotopic (exact) mass is 277 g/mol. The van der Waals surface area contributed by atoms with Crippen LogP contribution < -0.4 is 4.72 Å². The van der Waals surface area contributed by atoms with Crippen LogP contribution in [-0.4, -0.2) is 31.8 Å². The van der Waals surface area contributed by atoms with Crippen LogP contribution in [0.15, 0.2) is 16.8 Å². The highest BCUT2D eigenvalue weighted by Gasteiger charge is 2.10. The fourth-order valence-electron chi connectivity index (χ4n) is 1.27. The third kappa shape index (κ3) is 6.40. The quantitative estimate of drug-likeness (QED) is 0.744. The lowest BCUT2D eigenvalue weighted by molar-refractivity contribution is -0.137. The molecule has 0 spiro atoms. The zero-order valence-corrected chi connectivity index (χ0v) is 10.9. The summed E-state index contributed by atoms with van der Waals surface area (Å²) in [7, 11) is -3.34. The van der Waals surface area contributed by atoms with Gasteiger partial charge < -0.3 is 5.11 Å². The zero-order chi connectivity index (χ0) is 12.7. The predicted molar refractivity (Wildman–Crippen MR) is 66.7 cm³/mol. The third-order valence-corrected chi connectivity index (χ3v) is 4.32. The van der Waals surface area contributed by atoms with E-state index in [0.717, 1.165) is 5.56 Å². The predicted octanol–water partition coefficient (Wildman–Crippen LogP) is 1.07. The maximum atomic E-state index is 11.4. The van der Waals surface area contributed by atoms with E-state index in [1.54, 1.807) is 11.3 Å². The summed E-state index contributed by atoms with van der Waals surface area (Å²) in [5, 5.41) is 12.3. The molecule has 0 unspecified atom stereocenters. The lowest BCUT2D eigenvalue weighted by Gasteiger charge is -2.04. The van der Waals surface area contributed by atoms with Crippen molar-refractivity contribution in [2.24, 2.45) is 0 Å². The first kappa shape index (κ1) is 14.1. The first-order chi connectivity index (χ1) is 7.99. The number of carboxylic acid groups (broad SMARTS) is 1.